The molecule has 1 heterocycles. The van der Waals surface area contributed by atoms with E-state index in [2.05, 4.69) is 17.9 Å². The molecule has 4 atom stereocenters. The van der Waals surface area contributed by atoms with Gasteiger partial charge in [-0.2, -0.15) is 5.26 Å². The summed E-state index contributed by atoms with van der Waals surface area (Å²) >= 11 is 0. The third kappa shape index (κ3) is 3.70. The molecular formula is C16H28N2O. The van der Waals surface area contributed by atoms with Gasteiger partial charge in [-0.3, -0.25) is 4.90 Å². The molecule has 0 bridgehead atoms. The molecule has 0 aromatic carbocycles. The molecule has 3 heteroatoms. The molecule has 0 aromatic rings. The van der Waals surface area contributed by atoms with Crippen molar-refractivity contribution in [3.8, 4) is 6.07 Å². The lowest BCUT2D eigenvalue weighted by Gasteiger charge is -2.43. The topological polar surface area (TPSA) is 47.3 Å². The summed E-state index contributed by atoms with van der Waals surface area (Å²) in [6, 6.07) is 3.03. The number of hydrogen-bond acceptors (Lipinski definition) is 3. The highest BCUT2D eigenvalue weighted by atomic mass is 16.3. The van der Waals surface area contributed by atoms with Crippen LogP contribution in [0.5, 0.6) is 0 Å². The van der Waals surface area contributed by atoms with Gasteiger partial charge in [0.2, 0.25) is 0 Å². The zero-order valence-corrected chi connectivity index (χ0v) is 12.2. The maximum atomic E-state index is 9.40. The highest BCUT2D eigenvalue weighted by Crippen LogP contribution is 2.35. The zero-order valence-electron chi connectivity index (χ0n) is 12.2. The maximum Gasteiger partial charge on any atom is 0.0672 e. The quantitative estimate of drug-likeness (QED) is 0.849. The summed E-state index contributed by atoms with van der Waals surface area (Å²) in [5.74, 6) is 1.68. The number of aliphatic hydroxyl groups is 1. The van der Waals surface area contributed by atoms with Crippen LogP contribution in [0.4, 0.5) is 0 Å². The van der Waals surface area contributed by atoms with Crippen LogP contribution in [0, 0.1) is 29.1 Å². The van der Waals surface area contributed by atoms with Gasteiger partial charge in [-0.25, -0.2) is 0 Å². The fourth-order valence-corrected chi connectivity index (χ4v) is 3.97. The Hall–Kier alpha value is -0.590. The summed E-state index contributed by atoms with van der Waals surface area (Å²) in [6.45, 7) is 4.84. The lowest BCUT2D eigenvalue weighted by atomic mass is 9.76. The third-order valence-corrected chi connectivity index (χ3v) is 5.23. The van der Waals surface area contributed by atoms with Crippen molar-refractivity contribution in [2.45, 2.75) is 57.9 Å². The largest absolute Gasteiger partial charge is 0.396 e. The number of rotatable bonds is 4. The van der Waals surface area contributed by atoms with Gasteiger partial charge in [-0.15, -0.1) is 0 Å². The third-order valence-electron chi connectivity index (χ3n) is 5.23. The van der Waals surface area contributed by atoms with E-state index in [1.165, 1.54) is 32.1 Å². The predicted molar refractivity (Wildman–Crippen MR) is 76.5 cm³/mol. The first kappa shape index (κ1) is 14.8. The van der Waals surface area contributed by atoms with Gasteiger partial charge in [-0.05, 0) is 56.9 Å². The van der Waals surface area contributed by atoms with Crippen LogP contribution in [-0.4, -0.2) is 35.7 Å². The number of piperidine rings is 1. The standard InChI is InChI=1S/C16H28N2O/c1-2-13-5-6-15(11-17)16(10-13)18-8-3-4-14(12-18)7-9-19/h13-16,19H,2-10,12H2,1H3. The minimum absolute atomic E-state index is 0.232. The SMILES string of the molecule is CCC1CCC(C#N)C(N2CCCC(CCO)C2)C1. The van der Waals surface area contributed by atoms with Gasteiger partial charge < -0.3 is 5.11 Å². The molecular weight excluding hydrogens is 236 g/mol. The molecule has 108 valence electrons. The number of nitriles is 1. The highest BCUT2D eigenvalue weighted by molar-refractivity contribution is 4.98. The molecule has 4 unspecified atom stereocenters. The van der Waals surface area contributed by atoms with Crippen LogP contribution < -0.4 is 0 Å². The van der Waals surface area contributed by atoms with Crippen LogP contribution in [0.25, 0.3) is 0 Å². The predicted octanol–water partition coefficient (Wildman–Crippen LogP) is 2.80. The molecule has 2 aliphatic rings. The molecule has 2 fully saturated rings. The Morgan fingerprint density at radius 2 is 2.11 bits per heavy atom. The highest BCUT2D eigenvalue weighted by Gasteiger charge is 2.35. The molecule has 19 heavy (non-hydrogen) atoms. The van der Waals surface area contributed by atoms with Gasteiger partial charge in [0.1, 0.15) is 0 Å². The average molecular weight is 264 g/mol. The normalized spacial score (nSPS) is 36.9. The van der Waals surface area contributed by atoms with E-state index in [4.69, 9.17) is 5.11 Å². The zero-order chi connectivity index (χ0) is 13.7. The molecule has 1 saturated heterocycles. The minimum atomic E-state index is 0.232. The molecule has 1 saturated carbocycles. The number of nitrogens with zero attached hydrogens (tertiary/aromatic N) is 2. The van der Waals surface area contributed by atoms with Crippen LogP contribution in [-0.2, 0) is 0 Å². The second-order valence-electron chi connectivity index (χ2n) is 6.41. The number of aliphatic hydroxyl groups excluding tert-OH is 1. The first-order valence-corrected chi connectivity index (χ1v) is 8.03. The first-order chi connectivity index (χ1) is 9.28. The summed E-state index contributed by atoms with van der Waals surface area (Å²) in [7, 11) is 0. The lowest BCUT2D eigenvalue weighted by Crippen LogP contribution is -2.48. The van der Waals surface area contributed by atoms with Gasteiger partial charge in [0.15, 0.2) is 0 Å². The molecule has 0 amide bonds. The Balaban J connectivity index is 1.98. The maximum absolute atomic E-state index is 9.40. The van der Waals surface area contributed by atoms with E-state index < -0.39 is 0 Å². The molecule has 1 aliphatic carbocycles. The summed E-state index contributed by atoms with van der Waals surface area (Å²) in [5, 5.41) is 18.5. The molecule has 2 rings (SSSR count). The fourth-order valence-electron chi connectivity index (χ4n) is 3.97. The first-order valence-electron chi connectivity index (χ1n) is 8.03. The molecule has 0 aromatic heterocycles. The van der Waals surface area contributed by atoms with Crippen molar-refractivity contribution in [1.82, 2.24) is 4.90 Å². The van der Waals surface area contributed by atoms with Crippen molar-refractivity contribution < 1.29 is 5.11 Å². The van der Waals surface area contributed by atoms with Gasteiger partial charge in [-0.1, -0.05) is 13.3 Å². The van der Waals surface area contributed by atoms with Crippen molar-refractivity contribution in [2.24, 2.45) is 17.8 Å². The van der Waals surface area contributed by atoms with Crippen LogP contribution in [0.2, 0.25) is 0 Å². The van der Waals surface area contributed by atoms with Crippen LogP contribution >= 0.6 is 0 Å². The van der Waals surface area contributed by atoms with E-state index in [0.29, 0.717) is 18.6 Å². The van der Waals surface area contributed by atoms with Crippen LogP contribution in [0.1, 0.15) is 51.9 Å². The Morgan fingerprint density at radius 3 is 2.79 bits per heavy atom. The molecule has 1 N–H and O–H groups in total. The lowest BCUT2D eigenvalue weighted by molar-refractivity contribution is 0.0537. The van der Waals surface area contributed by atoms with Crippen molar-refractivity contribution in [3.63, 3.8) is 0 Å². The van der Waals surface area contributed by atoms with E-state index >= 15 is 0 Å². The molecule has 3 nitrogen and oxygen atoms in total. The smallest absolute Gasteiger partial charge is 0.0672 e. The second kappa shape index (κ2) is 7.26. The Kier molecular flexibility index (Phi) is 5.66. The minimum Gasteiger partial charge on any atom is -0.396 e. The molecule has 0 radical (unpaired) electrons. The van der Waals surface area contributed by atoms with E-state index in [9.17, 15) is 5.26 Å². The van der Waals surface area contributed by atoms with Gasteiger partial charge >= 0.3 is 0 Å². The summed E-state index contributed by atoms with van der Waals surface area (Å²) in [5.41, 5.74) is 0. The van der Waals surface area contributed by atoms with Crippen LogP contribution in [0.3, 0.4) is 0 Å². The van der Waals surface area contributed by atoms with Crippen molar-refractivity contribution in [3.05, 3.63) is 0 Å². The van der Waals surface area contributed by atoms with Crippen molar-refractivity contribution in [2.75, 3.05) is 19.7 Å². The van der Waals surface area contributed by atoms with Gasteiger partial charge in [0.05, 0.1) is 12.0 Å². The monoisotopic (exact) mass is 264 g/mol. The van der Waals surface area contributed by atoms with E-state index in [-0.39, 0.29) is 5.92 Å². The number of hydrogen-bond donors (Lipinski definition) is 1. The fraction of sp³-hybridized carbons (Fsp3) is 0.938. The number of likely N-dealkylation sites (tertiary alicyclic amines) is 1. The molecule has 0 spiro atoms. The summed E-state index contributed by atoms with van der Waals surface area (Å²) in [6.07, 6.45) is 8.19. The Bertz CT molecular complexity index is 310. The van der Waals surface area contributed by atoms with Gasteiger partial charge in [0, 0.05) is 19.2 Å². The molecule has 1 aliphatic heterocycles. The van der Waals surface area contributed by atoms with E-state index in [0.717, 1.165) is 31.8 Å². The Labute approximate surface area is 117 Å². The van der Waals surface area contributed by atoms with Crippen molar-refractivity contribution in [1.29, 1.82) is 5.26 Å². The average Bonchev–Trinajstić information content (AvgIpc) is 2.47. The van der Waals surface area contributed by atoms with Crippen LogP contribution in [0.15, 0.2) is 0 Å². The van der Waals surface area contributed by atoms with Crippen molar-refractivity contribution >= 4 is 0 Å². The van der Waals surface area contributed by atoms with E-state index in [1.807, 2.05) is 0 Å². The van der Waals surface area contributed by atoms with Gasteiger partial charge in [0.25, 0.3) is 0 Å². The van der Waals surface area contributed by atoms with E-state index in [1.54, 1.807) is 0 Å². The summed E-state index contributed by atoms with van der Waals surface area (Å²) in [4.78, 5) is 2.57. The second-order valence-corrected chi connectivity index (χ2v) is 6.41. The Morgan fingerprint density at radius 1 is 1.26 bits per heavy atom. The summed E-state index contributed by atoms with van der Waals surface area (Å²) < 4.78 is 0.